The van der Waals surface area contributed by atoms with Crippen molar-refractivity contribution in [3.63, 3.8) is 0 Å². The molecule has 0 amide bonds. The molecule has 1 aromatic carbocycles. The molecule has 0 bridgehead atoms. The number of imidazole rings is 1. The van der Waals surface area contributed by atoms with Crippen molar-refractivity contribution in [1.29, 1.82) is 0 Å². The number of rotatable bonds is 2. The van der Waals surface area contributed by atoms with Crippen molar-refractivity contribution in [2.75, 3.05) is 0 Å². The summed E-state index contributed by atoms with van der Waals surface area (Å²) >= 11 is 0. The molecular weight excluding hydrogens is 180 g/mol. The molecule has 2 aromatic rings. The molecule has 0 aliphatic carbocycles. The van der Waals surface area contributed by atoms with E-state index in [9.17, 15) is 9.90 Å². The molecule has 2 rings (SSSR count). The molecule has 4 heteroatoms. The predicted octanol–water partition coefficient (Wildman–Crippen LogP) is 0.236. The molecule has 4 nitrogen and oxygen atoms in total. The smallest absolute Gasteiger partial charge is 0.104 e. The highest BCUT2D eigenvalue weighted by atomic mass is 16.4. The second kappa shape index (κ2) is 3.33. The summed E-state index contributed by atoms with van der Waals surface area (Å²) in [6.07, 6.45) is 2.87. The molecule has 70 valence electrons. The average Bonchev–Trinajstić information content (AvgIpc) is 2.68. The average molecular weight is 187 g/mol. The van der Waals surface area contributed by atoms with Crippen molar-refractivity contribution in [3.8, 4) is 5.69 Å². The molecule has 14 heavy (non-hydrogen) atoms. The Bertz CT molecular complexity index is 448. The summed E-state index contributed by atoms with van der Waals surface area (Å²) in [6.45, 7) is 0. The lowest BCUT2D eigenvalue weighted by Crippen LogP contribution is -2.22. The Balaban J connectivity index is 2.39. The van der Waals surface area contributed by atoms with Gasteiger partial charge in [-0.2, -0.15) is 0 Å². The molecule has 0 aliphatic rings. The van der Waals surface area contributed by atoms with E-state index in [0.29, 0.717) is 0 Å². The van der Waals surface area contributed by atoms with Crippen LogP contribution in [0.25, 0.3) is 5.69 Å². The maximum atomic E-state index is 10.5. The third-order valence-corrected chi connectivity index (χ3v) is 1.85. The number of carbonyl (C=O) groups excluding carboxylic acids is 1. The van der Waals surface area contributed by atoms with Crippen molar-refractivity contribution < 1.29 is 9.90 Å². The van der Waals surface area contributed by atoms with Gasteiger partial charge in [0.1, 0.15) is 5.69 Å². The minimum atomic E-state index is -1.26. The summed E-state index contributed by atoms with van der Waals surface area (Å²) in [7, 11) is 0. The van der Waals surface area contributed by atoms with Crippen LogP contribution in [-0.4, -0.2) is 15.5 Å². The molecule has 0 atom stereocenters. The fourth-order valence-electron chi connectivity index (χ4n) is 1.17. The van der Waals surface area contributed by atoms with E-state index in [4.69, 9.17) is 0 Å². The number of hydrogen-bond donors (Lipinski definition) is 0. The van der Waals surface area contributed by atoms with Crippen LogP contribution in [0.2, 0.25) is 0 Å². The zero-order chi connectivity index (χ0) is 9.97. The first-order chi connectivity index (χ1) is 6.77. The quantitative estimate of drug-likeness (QED) is 0.676. The lowest BCUT2D eigenvalue weighted by molar-refractivity contribution is -0.255. The van der Waals surface area contributed by atoms with Crippen LogP contribution in [-0.2, 0) is 0 Å². The third kappa shape index (κ3) is 1.50. The van der Waals surface area contributed by atoms with Gasteiger partial charge < -0.3 is 14.5 Å². The molecule has 0 N–H and O–H groups in total. The van der Waals surface area contributed by atoms with Crippen molar-refractivity contribution in [2.45, 2.75) is 0 Å². The molecule has 0 aliphatic heterocycles. The molecule has 0 radical (unpaired) electrons. The van der Waals surface area contributed by atoms with Crippen molar-refractivity contribution in [3.05, 3.63) is 48.5 Å². The molecule has 0 fully saturated rings. The Morgan fingerprint density at radius 2 is 2.00 bits per heavy atom. The fourth-order valence-corrected chi connectivity index (χ4v) is 1.17. The van der Waals surface area contributed by atoms with Gasteiger partial charge in [0.25, 0.3) is 0 Å². The first kappa shape index (κ1) is 8.50. The number of benzene rings is 1. The van der Waals surface area contributed by atoms with Crippen molar-refractivity contribution in [2.24, 2.45) is 0 Å². The standard InChI is InChI=1S/C10H8N2O2/c13-10(14)9-6-12(7-11-9)8-4-2-1-3-5-8/h1-7H,(H,13,14)/p-1. The summed E-state index contributed by atoms with van der Waals surface area (Å²) in [5.41, 5.74) is 0.807. The van der Waals surface area contributed by atoms with Gasteiger partial charge in [-0.1, -0.05) is 18.2 Å². The number of carboxylic acid groups (broad SMARTS) is 1. The number of carboxylic acids is 1. The van der Waals surface area contributed by atoms with Crippen LogP contribution in [0.1, 0.15) is 10.5 Å². The minimum absolute atomic E-state index is 0.0612. The highest BCUT2D eigenvalue weighted by Gasteiger charge is 1.99. The van der Waals surface area contributed by atoms with Crippen LogP contribution in [0.4, 0.5) is 0 Å². The van der Waals surface area contributed by atoms with Crippen LogP contribution >= 0.6 is 0 Å². The molecule has 0 spiro atoms. The Kier molecular flexibility index (Phi) is 2.02. The van der Waals surface area contributed by atoms with Gasteiger partial charge in [-0.15, -0.1) is 0 Å². The molecule has 1 heterocycles. The van der Waals surface area contributed by atoms with Crippen molar-refractivity contribution >= 4 is 5.97 Å². The maximum Gasteiger partial charge on any atom is 0.104 e. The first-order valence-electron chi connectivity index (χ1n) is 4.08. The SMILES string of the molecule is O=C([O-])c1cn(-c2ccccc2)cn1. The van der Waals surface area contributed by atoms with E-state index < -0.39 is 5.97 Å². The zero-order valence-corrected chi connectivity index (χ0v) is 7.25. The zero-order valence-electron chi connectivity index (χ0n) is 7.25. The van der Waals surface area contributed by atoms with E-state index in [0.717, 1.165) is 5.69 Å². The van der Waals surface area contributed by atoms with Crippen LogP contribution in [0.3, 0.4) is 0 Å². The highest BCUT2D eigenvalue weighted by molar-refractivity contribution is 5.83. The molecular formula is C10H7N2O2-. The Morgan fingerprint density at radius 1 is 1.29 bits per heavy atom. The van der Waals surface area contributed by atoms with Gasteiger partial charge in [-0.3, -0.25) is 0 Å². The summed E-state index contributed by atoms with van der Waals surface area (Å²) < 4.78 is 1.63. The largest absolute Gasteiger partial charge is 0.543 e. The topological polar surface area (TPSA) is 57.9 Å². The molecule has 0 saturated carbocycles. The molecule has 0 unspecified atom stereocenters. The lowest BCUT2D eigenvalue weighted by atomic mass is 10.3. The normalized spacial score (nSPS) is 10.0. The molecule has 0 saturated heterocycles. The van der Waals surface area contributed by atoms with Gasteiger partial charge >= 0.3 is 0 Å². The minimum Gasteiger partial charge on any atom is -0.543 e. The summed E-state index contributed by atoms with van der Waals surface area (Å²) in [6, 6.07) is 9.35. The van der Waals surface area contributed by atoms with Crippen LogP contribution in [0.5, 0.6) is 0 Å². The Morgan fingerprint density at radius 3 is 2.57 bits per heavy atom. The summed E-state index contributed by atoms with van der Waals surface area (Å²) in [5, 5.41) is 10.5. The Hall–Kier alpha value is -2.10. The summed E-state index contributed by atoms with van der Waals surface area (Å²) in [5.74, 6) is -1.26. The second-order valence-corrected chi connectivity index (χ2v) is 2.79. The fraction of sp³-hybridized carbons (Fsp3) is 0. The number of aromatic carboxylic acids is 1. The van der Waals surface area contributed by atoms with E-state index in [1.165, 1.54) is 12.5 Å². The summed E-state index contributed by atoms with van der Waals surface area (Å²) in [4.78, 5) is 14.2. The number of nitrogens with zero attached hydrogens (tertiary/aromatic N) is 2. The van der Waals surface area contributed by atoms with E-state index in [-0.39, 0.29) is 5.69 Å². The van der Waals surface area contributed by atoms with Crippen LogP contribution < -0.4 is 5.11 Å². The highest BCUT2D eigenvalue weighted by Crippen LogP contribution is 2.07. The second-order valence-electron chi connectivity index (χ2n) is 2.79. The monoisotopic (exact) mass is 187 g/mol. The molecule has 1 aromatic heterocycles. The van der Waals surface area contributed by atoms with Gasteiger partial charge in [0.05, 0.1) is 12.3 Å². The number of para-hydroxylation sites is 1. The third-order valence-electron chi connectivity index (χ3n) is 1.85. The lowest BCUT2D eigenvalue weighted by Gasteiger charge is -1.99. The first-order valence-corrected chi connectivity index (χ1v) is 4.08. The van der Waals surface area contributed by atoms with Crippen LogP contribution in [0.15, 0.2) is 42.9 Å². The maximum absolute atomic E-state index is 10.5. The van der Waals surface area contributed by atoms with Gasteiger partial charge in [-0.05, 0) is 12.1 Å². The van der Waals surface area contributed by atoms with E-state index in [1.807, 2.05) is 30.3 Å². The number of aromatic nitrogens is 2. The van der Waals surface area contributed by atoms with E-state index >= 15 is 0 Å². The number of hydrogen-bond acceptors (Lipinski definition) is 3. The van der Waals surface area contributed by atoms with Gasteiger partial charge in [0, 0.05) is 11.9 Å². The van der Waals surface area contributed by atoms with E-state index in [1.54, 1.807) is 4.57 Å². The van der Waals surface area contributed by atoms with Crippen molar-refractivity contribution in [1.82, 2.24) is 9.55 Å². The predicted molar refractivity (Wildman–Crippen MR) is 47.9 cm³/mol. The van der Waals surface area contributed by atoms with Crippen LogP contribution in [0, 0.1) is 0 Å². The van der Waals surface area contributed by atoms with Gasteiger partial charge in [0.2, 0.25) is 0 Å². The Labute approximate surface area is 80.4 Å². The van der Waals surface area contributed by atoms with Gasteiger partial charge in [0.15, 0.2) is 0 Å². The number of carbonyl (C=O) groups is 1. The van der Waals surface area contributed by atoms with Gasteiger partial charge in [-0.25, -0.2) is 4.98 Å². The van der Waals surface area contributed by atoms with E-state index in [2.05, 4.69) is 4.98 Å².